The zero-order valence-electron chi connectivity index (χ0n) is 79.3. The average molecular weight is 1910 g/mol. The van der Waals surface area contributed by atoms with E-state index in [2.05, 4.69) is 122 Å². The highest BCUT2D eigenvalue weighted by Crippen LogP contribution is 2.53. The van der Waals surface area contributed by atoms with Crippen molar-refractivity contribution in [3.8, 4) is 33.4 Å². The summed E-state index contributed by atoms with van der Waals surface area (Å²) in [6.45, 7) is 42.6. The van der Waals surface area contributed by atoms with Crippen LogP contribution in [0.5, 0.6) is 0 Å². The van der Waals surface area contributed by atoms with Crippen molar-refractivity contribution >= 4 is 136 Å². The first kappa shape index (κ1) is 93.8. The smallest absolute Gasteiger partial charge is 0.350 e. The number of anilines is 3. The number of aryl methyl sites for hydroxylation is 6. The van der Waals surface area contributed by atoms with Crippen molar-refractivity contribution in [1.29, 1.82) is 0 Å². The molecule has 714 valence electrons. The van der Waals surface area contributed by atoms with Gasteiger partial charge in [0.05, 0.1) is 99.2 Å². The van der Waals surface area contributed by atoms with Gasteiger partial charge in [0.2, 0.25) is 17.7 Å². The maximum Gasteiger partial charge on any atom is 0.350 e. The molecule has 0 bridgehead atoms. The Morgan fingerprint density at radius 1 is 0.412 bits per heavy atom. The minimum absolute atomic E-state index is 0.0450. The summed E-state index contributed by atoms with van der Waals surface area (Å²) in [7, 11) is 7.62. The molecular weight excluding hydrogens is 1790 g/mol. The van der Waals surface area contributed by atoms with Crippen LogP contribution in [0.2, 0.25) is 0 Å². The van der Waals surface area contributed by atoms with Gasteiger partial charge >= 0.3 is 17.1 Å². The van der Waals surface area contributed by atoms with Gasteiger partial charge in [0.25, 0.3) is 0 Å². The summed E-state index contributed by atoms with van der Waals surface area (Å²) in [4.78, 5) is 119. The molecule has 9 aliphatic heterocycles. The normalized spacial score (nSPS) is 22.9. The molecule has 15 heterocycles. The predicted molar refractivity (Wildman–Crippen MR) is 532 cm³/mol. The molecule has 4 unspecified atom stereocenters. The highest BCUT2D eigenvalue weighted by atomic mass is 32.2. The lowest BCUT2D eigenvalue weighted by Gasteiger charge is -2.45. The van der Waals surface area contributed by atoms with E-state index < -0.39 is 6.17 Å². The summed E-state index contributed by atoms with van der Waals surface area (Å²) in [5, 5.41) is 17.2. The highest BCUT2D eigenvalue weighted by Gasteiger charge is 2.43. The molecule has 10 atom stereocenters. The molecule has 6 aromatic heterocycles. The van der Waals surface area contributed by atoms with E-state index in [0.29, 0.717) is 129 Å². The van der Waals surface area contributed by atoms with Crippen LogP contribution in [0, 0.1) is 38.2 Å². The molecule has 21 rings (SSSR count). The van der Waals surface area contributed by atoms with Gasteiger partial charge in [-0.2, -0.15) is 30.2 Å². The van der Waals surface area contributed by atoms with E-state index in [-0.39, 0.29) is 107 Å². The Morgan fingerprint density at radius 2 is 0.728 bits per heavy atom. The Hall–Kier alpha value is -11.3. The van der Waals surface area contributed by atoms with Crippen molar-refractivity contribution in [2.45, 2.75) is 144 Å². The lowest BCUT2D eigenvalue weighted by molar-refractivity contribution is -0.129. The standard InChI is InChI=1S/C34H41FN8O2S.C33H37F2N7O2S.C33H38FN7O3S/c1-7-28(44)41-16-22(4)42(17-21(41)3)33-25-14-20(2)29(24-8-9-27(35)26-15-36-39(6)30(24)26)32-31(25)43(34(45)37-33)23(19-46-32)18-40-12-10-38(5)11-13-40;1-6-27(43)40-13-20(4)41(14-19(40)3)32-24-11-18(2)28(23-7-8-26(35)25-12-36-38(5)29(23)25)31-30(24)42(33(44)37-32)22(17-45-31)16-39-10-9-21(34)15-39;1-6-27(42)39-15-21(4)40(16-20(39)3)32-24-13-19(2)28(23-7-8-26(34)25-14-35-37(5)29(23)25)31-30(24)41(33(43)36-32)22(18-45-31)17-38-9-11-44-12-10-38/h7-9,14-15,21-23H,1,10-13,16-19H2,2-6H3;6-8,11-12,19-22H,1,9-10,13-17H2,2-5H3;6-8,13-14,20-22H,1,9-12,15-18H2,2-5H3/t21-,22+,23?;19-,20+,21?,22?;20-,21+,22?/m111/s1. The van der Waals surface area contributed by atoms with Gasteiger partial charge in [-0.15, -0.1) is 35.3 Å². The van der Waals surface area contributed by atoms with Crippen LogP contribution in [0.3, 0.4) is 0 Å². The average Bonchev–Trinajstić information content (AvgIpc) is 1.08. The van der Waals surface area contributed by atoms with Crippen molar-refractivity contribution in [2.24, 2.45) is 21.1 Å². The summed E-state index contributed by atoms with van der Waals surface area (Å²) in [5.74, 6) is 2.72. The zero-order valence-corrected chi connectivity index (χ0v) is 81.7. The number of amides is 3. The number of halogens is 4. The monoisotopic (exact) mass is 1910 g/mol. The topological polar surface area (TPSA) is 251 Å². The van der Waals surface area contributed by atoms with Crippen LogP contribution in [0.25, 0.3) is 98.8 Å². The second-order valence-corrected chi connectivity index (χ2v) is 41.3. The van der Waals surface area contributed by atoms with E-state index in [0.717, 1.165) is 167 Å². The summed E-state index contributed by atoms with van der Waals surface area (Å²) in [5.41, 5.74) is 12.4. The number of nitrogens with zero attached hydrogens (tertiary/aromatic N) is 22. The fourth-order valence-corrected chi connectivity index (χ4v) is 26.4. The summed E-state index contributed by atoms with van der Waals surface area (Å²) < 4.78 is 75.2. The number of ether oxygens (including phenoxy) is 1. The Morgan fingerprint density at radius 3 is 1.04 bits per heavy atom. The number of likely N-dealkylation sites (tertiary alicyclic amines) is 1. The minimum atomic E-state index is -0.852. The first-order valence-corrected chi connectivity index (χ1v) is 49.9. The van der Waals surface area contributed by atoms with Crippen LogP contribution < -0.4 is 31.8 Å². The summed E-state index contributed by atoms with van der Waals surface area (Å²) in [6.07, 6.45) is 8.41. The second-order valence-electron chi connectivity index (χ2n) is 38.2. The molecule has 3 amide bonds. The number of fused-ring (bicyclic) bond motifs is 3. The van der Waals surface area contributed by atoms with Crippen molar-refractivity contribution < 1.29 is 36.7 Å². The number of carbonyl (C=O) groups is 3. The fourth-order valence-electron chi connectivity index (χ4n) is 22.3. The number of rotatable bonds is 15. The second kappa shape index (κ2) is 37.6. The predicted octanol–water partition coefficient (Wildman–Crippen LogP) is 12.6. The first-order chi connectivity index (χ1) is 65.3. The Labute approximate surface area is 798 Å². The van der Waals surface area contributed by atoms with Crippen LogP contribution in [-0.4, -0.2) is 301 Å². The van der Waals surface area contributed by atoms with Gasteiger partial charge in [-0.25, -0.2) is 31.9 Å². The van der Waals surface area contributed by atoms with Crippen molar-refractivity contribution in [2.75, 3.05) is 163 Å². The third kappa shape index (κ3) is 16.6. The molecule has 12 aromatic rings. The summed E-state index contributed by atoms with van der Waals surface area (Å²) in [6, 6.07) is 15.5. The van der Waals surface area contributed by atoms with Crippen LogP contribution in [0.1, 0.15) is 82.8 Å². The number of benzene rings is 6. The van der Waals surface area contributed by atoms with Gasteiger partial charge < -0.3 is 39.0 Å². The molecule has 6 aromatic carbocycles. The molecule has 36 heteroatoms. The zero-order chi connectivity index (χ0) is 95.7. The molecule has 6 saturated heterocycles. The molecule has 0 aliphatic carbocycles. The van der Waals surface area contributed by atoms with E-state index in [1.54, 1.807) is 74.0 Å². The molecule has 9 aliphatic rings. The molecule has 0 N–H and O–H groups in total. The Bertz CT molecular complexity index is 6800. The van der Waals surface area contributed by atoms with E-state index >= 15 is 0 Å². The van der Waals surface area contributed by atoms with Crippen LogP contribution in [0.4, 0.5) is 35.0 Å². The molecule has 0 radical (unpaired) electrons. The molecule has 0 spiro atoms. The van der Waals surface area contributed by atoms with Crippen molar-refractivity contribution in [3.63, 3.8) is 0 Å². The van der Waals surface area contributed by atoms with E-state index in [1.807, 2.05) is 96.3 Å². The van der Waals surface area contributed by atoms with Crippen LogP contribution in [-0.2, 0) is 40.3 Å². The van der Waals surface area contributed by atoms with Gasteiger partial charge in [-0.1, -0.05) is 19.7 Å². The minimum Gasteiger partial charge on any atom is -0.379 e. The number of morpholine rings is 1. The highest BCUT2D eigenvalue weighted by molar-refractivity contribution is 8.00. The van der Waals surface area contributed by atoms with Crippen molar-refractivity contribution in [1.82, 2.24) is 92.3 Å². The number of hydrogen-bond donors (Lipinski definition) is 0. The maximum absolute atomic E-state index is 14.9. The Balaban J connectivity index is 0.000000131. The van der Waals surface area contributed by atoms with Crippen molar-refractivity contribution in [3.05, 3.63) is 177 Å². The van der Waals surface area contributed by atoms with Gasteiger partial charge in [0.15, 0.2) is 0 Å². The van der Waals surface area contributed by atoms with Crippen LogP contribution in [0.15, 0.2) is 140 Å². The third-order valence-corrected chi connectivity index (χ3v) is 32.9. The SMILES string of the molecule is C=CC(=O)N1C[C@H](C)N(c2nc(=O)n3c4c(c(-c5ccc(F)c6cnn(C)c56)c(C)cc24)SCC3CN2CCC(F)C2)C[C@H]1C.C=CC(=O)N1C[C@H](C)N(c2nc(=O)n3c4c(c(-c5ccc(F)c6cnn(C)c56)c(C)cc24)SCC3CN2CCN(C)CC2)C[C@H]1C.C=CC(=O)N1C[C@H](C)N(c2nc(=O)n3c4c(c(-c5ccc(F)c6cnn(C)c56)c(C)cc24)SCC3CN2CCOCC2)C[C@H]1C. The molecule has 136 heavy (non-hydrogen) atoms. The first-order valence-electron chi connectivity index (χ1n) is 47.0. The third-order valence-electron chi connectivity index (χ3n) is 29.2. The Kier molecular flexibility index (Phi) is 25.9. The van der Waals surface area contributed by atoms with E-state index in [4.69, 9.17) is 19.7 Å². The van der Waals surface area contributed by atoms with E-state index in [1.165, 1.54) is 36.4 Å². The van der Waals surface area contributed by atoms with Gasteiger partial charge in [-0.3, -0.25) is 56.8 Å². The fraction of sp³-hybridized carbons (Fsp3) is 0.460. The number of carbonyl (C=O) groups excluding carboxylic acids is 3. The lowest BCUT2D eigenvalue weighted by atomic mass is 9.95. The van der Waals surface area contributed by atoms with Gasteiger partial charge in [0.1, 0.15) is 41.1 Å². The molecular formula is C100H116F4N22O7S3. The number of hydrogen-bond acceptors (Lipinski definition) is 23. The number of piperazine rings is 4. The lowest BCUT2D eigenvalue weighted by Crippen LogP contribution is -2.58. The maximum atomic E-state index is 14.9. The molecule has 0 saturated carbocycles. The van der Waals surface area contributed by atoms with Gasteiger partial charge in [-0.05, 0) is 165 Å². The number of alkyl halides is 1. The molecule has 29 nitrogen and oxygen atoms in total. The van der Waals surface area contributed by atoms with Gasteiger partial charge in [0, 0.05) is 250 Å². The van der Waals surface area contributed by atoms with E-state index in [9.17, 15) is 46.3 Å². The van der Waals surface area contributed by atoms with Crippen LogP contribution >= 0.6 is 35.3 Å². The molecule has 6 fully saturated rings. The summed E-state index contributed by atoms with van der Waals surface area (Å²) >= 11 is 5.22. The quantitative estimate of drug-likeness (QED) is 0.0683. The largest absolute Gasteiger partial charge is 0.379 e. The number of thioether (sulfide) groups is 3. The number of aromatic nitrogens is 12. The number of likely N-dealkylation sites (N-methyl/N-ethyl adjacent to an activating group) is 1.